The number of halogens is 5. The van der Waals surface area contributed by atoms with Gasteiger partial charge in [0, 0.05) is 24.9 Å². The number of carbonyl (C=O) groups is 1. The molecule has 1 saturated carbocycles. The van der Waals surface area contributed by atoms with Gasteiger partial charge in [0.05, 0.1) is 0 Å². The third-order valence-electron chi connectivity index (χ3n) is 5.80. The lowest BCUT2D eigenvalue weighted by Crippen LogP contribution is -2.19. The fourth-order valence-corrected chi connectivity index (χ4v) is 4.34. The molecule has 2 heterocycles. The van der Waals surface area contributed by atoms with Crippen LogP contribution in [0.5, 0.6) is 0 Å². The summed E-state index contributed by atoms with van der Waals surface area (Å²) in [5, 5.41) is 0. The maximum atomic E-state index is 13.1. The first-order valence-corrected chi connectivity index (χ1v) is 11.9. The Hall–Kier alpha value is -3.15. The third-order valence-corrected chi connectivity index (χ3v) is 6.97. The Bertz CT molecular complexity index is 1280. The van der Waals surface area contributed by atoms with Crippen LogP contribution in [0.25, 0.3) is 11.6 Å². The van der Waals surface area contributed by atoms with E-state index >= 15 is 0 Å². The van der Waals surface area contributed by atoms with Gasteiger partial charge in [-0.15, -0.1) is 0 Å². The SMILES string of the molecule is CC1([C@@H](CC(=O)c2cc(=O)[nH]c(-c3ncccn3)n2)c2ccc(S(F)(F)(F)(F)F)cc2)CC1. The number of rotatable bonds is 7. The molecule has 2 aromatic heterocycles. The largest absolute Gasteiger partial charge is 0.310 e. The lowest BCUT2D eigenvalue weighted by molar-refractivity contribution is 0.0957. The highest BCUT2D eigenvalue weighted by Crippen LogP contribution is 3.02. The van der Waals surface area contributed by atoms with Crippen LogP contribution in [0.1, 0.15) is 48.2 Å². The number of hydrogen-bond acceptors (Lipinski definition) is 5. The van der Waals surface area contributed by atoms with Gasteiger partial charge in [-0.25, -0.2) is 15.0 Å². The van der Waals surface area contributed by atoms with E-state index in [9.17, 15) is 29.0 Å². The Balaban J connectivity index is 1.64. The zero-order chi connectivity index (χ0) is 24.1. The second kappa shape index (κ2) is 6.92. The summed E-state index contributed by atoms with van der Waals surface area (Å²) in [6.07, 6.45) is 4.17. The zero-order valence-corrected chi connectivity index (χ0v) is 18.1. The number of carbonyl (C=O) groups excluding carboxylic acids is 1. The van der Waals surface area contributed by atoms with Crippen molar-refractivity contribution < 1.29 is 24.2 Å². The molecule has 1 N–H and O–H groups in total. The molecule has 0 saturated heterocycles. The van der Waals surface area contributed by atoms with E-state index in [-0.39, 0.29) is 29.2 Å². The molecule has 1 aromatic carbocycles. The number of nitrogens with zero attached hydrogens (tertiary/aromatic N) is 3. The minimum Gasteiger partial charge on any atom is -0.304 e. The smallest absolute Gasteiger partial charge is 0.304 e. The summed E-state index contributed by atoms with van der Waals surface area (Å²) in [4.78, 5) is 37.7. The number of nitrogens with one attached hydrogen (secondary N) is 1. The summed E-state index contributed by atoms with van der Waals surface area (Å²) in [5.41, 5.74) is -0.770. The Labute approximate surface area is 185 Å². The number of hydrogen-bond donors (Lipinski definition) is 1. The van der Waals surface area contributed by atoms with E-state index in [1.807, 2.05) is 6.92 Å². The topological polar surface area (TPSA) is 88.6 Å². The van der Waals surface area contributed by atoms with Gasteiger partial charge >= 0.3 is 10.2 Å². The highest BCUT2D eigenvalue weighted by Gasteiger charge is 2.65. The first-order chi connectivity index (χ1) is 15.1. The van der Waals surface area contributed by atoms with E-state index in [0.29, 0.717) is 17.7 Å². The number of benzene rings is 1. The Morgan fingerprint density at radius 2 is 1.70 bits per heavy atom. The van der Waals surface area contributed by atoms with Crippen molar-refractivity contribution in [3.63, 3.8) is 0 Å². The fourth-order valence-electron chi connectivity index (χ4n) is 3.69. The number of ketones is 1. The highest BCUT2D eigenvalue weighted by atomic mass is 32.5. The van der Waals surface area contributed by atoms with Gasteiger partial charge in [-0.2, -0.15) is 0 Å². The quantitative estimate of drug-likeness (QED) is 0.325. The molecule has 176 valence electrons. The first kappa shape index (κ1) is 23.0. The van der Waals surface area contributed by atoms with Crippen molar-refractivity contribution >= 4 is 16.0 Å². The van der Waals surface area contributed by atoms with Gasteiger partial charge in [0.15, 0.2) is 17.4 Å². The maximum absolute atomic E-state index is 13.1. The minimum absolute atomic E-state index is 0.000802. The molecule has 1 atom stereocenters. The van der Waals surface area contributed by atoms with Crippen molar-refractivity contribution in [3.05, 3.63) is 70.4 Å². The van der Waals surface area contributed by atoms with Gasteiger partial charge < -0.3 is 4.98 Å². The highest BCUT2D eigenvalue weighted by molar-refractivity contribution is 8.45. The van der Waals surface area contributed by atoms with Gasteiger partial charge in [-0.1, -0.05) is 38.5 Å². The van der Waals surface area contributed by atoms with Crippen LogP contribution in [-0.2, 0) is 0 Å². The summed E-state index contributed by atoms with van der Waals surface area (Å²) in [6, 6.07) is 5.29. The predicted octanol–water partition coefficient (Wildman–Crippen LogP) is 6.04. The molecule has 0 amide bonds. The number of aromatic nitrogens is 4. The average molecular weight is 486 g/mol. The van der Waals surface area contributed by atoms with Gasteiger partial charge in [0.25, 0.3) is 5.56 Å². The Morgan fingerprint density at radius 3 is 2.24 bits per heavy atom. The van der Waals surface area contributed by atoms with Crippen molar-refractivity contribution in [1.29, 1.82) is 0 Å². The van der Waals surface area contributed by atoms with Gasteiger partial charge in [0.1, 0.15) is 10.6 Å². The molecule has 0 aliphatic heterocycles. The lowest BCUT2D eigenvalue weighted by atomic mass is 9.80. The Morgan fingerprint density at radius 1 is 1.09 bits per heavy atom. The molecule has 4 rings (SSSR count). The fraction of sp³-hybridized carbons (Fsp3) is 0.286. The van der Waals surface area contributed by atoms with Crippen molar-refractivity contribution in [2.75, 3.05) is 0 Å². The molecule has 6 nitrogen and oxygen atoms in total. The molecule has 0 spiro atoms. The number of aromatic amines is 1. The molecular formula is C21H19F5N4O2S. The average Bonchev–Trinajstić information content (AvgIpc) is 3.48. The first-order valence-electron chi connectivity index (χ1n) is 9.91. The molecular weight excluding hydrogens is 467 g/mol. The minimum atomic E-state index is -9.79. The van der Waals surface area contributed by atoms with E-state index in [0.717, 1.165) is 31.0 Å². The van der Waals surface area contributed by atoms with Crippen LogP contribution in [0.4, 0.5) is 19.4 Å². The second-order valence-electron chi connectivity index (χ2n) is 8.42. The standard InChI is InChI=1S/C21H19F5N4O2S/c1-21(7-8-21)15(13-3-5-14(6-4-13)33(22,23,24,25)26)11-17(31)16-12-18(32)30-20(29-16)19-27-9-2-10-28-19/h2-6,9-10,12,15H,7-8,11H2,1H3,(H,29,30,32)/t15-/m0/s1. The molecule has 0 bridgehead atoms. The van der Waals surface area contributed by atoms with Gasteiger partial charge in [0.2, 0.25) is 0 Å². The Kier molecular flexibility index (Phi) is 4.83. The van der Waals surface area contributed by atoms with Crippen LogP contribution in [0.2, 0.25) is 0 Å². The number of Topliss-reactive ketones (excluding diaryl/α,β-unsaturated/α-hetero) is 1. The van der Waals surface area contributed by atoms with Crippen LogP contribution >= 0.6 is 10.2 Å². The maximum Gasteiger partial charge on any atom is 0.310 e. The molecule has 1 aliphatic rings. The third kappa shape index (κ3) is 5.10. The van der Waals surface area contributed by atoms with Crippen LogP contribution < -0.4 is 5.56 Å². The molecule has 0 radical (unpaired) electrons. The molecule has 1 fully saturated rings. The van der Waals surface area contributed by atoms with Crippen LogP contribution in [0.3, 0.4) is 0 Å². The van der Waals surface area contributed by atoms with Crippen LogP contribution in [0, 0.1) is 5.41 Å². The van der Waals surface area contributed by atoms with E-state index in [1.54, 1.807) is 6.07 Å². The van der Waals surface area contributed by atoms with Crippen LogP contribution in [0.15, 0.2) is 58.5 Å². The predicted molar refractivity (Wildman–Crippen MR) is 113 cm³/mol. The van der Waals surface area contributed by atoms with Crippen molar-refractivity contribution in [2.45, 2.75) is 37.0 Å². The van der Waals surface area contributed by atoms with Gasteiger partial charge in [-0.3, -0.25) is 9.59 Å². The summed E-state index contributed by atoms with van der Waals surface area (Å²) >= 11 is 0. The summed E-state index contributed by atoms with van der Waals surface area (Å²) in [7, 11) is -9.79. The van der Waals surface area contributed by atoms with Crippen molar-refractivity contribution in [3.8, 4) is 11.6 Å². The van der Waals surface area contributed by atoms with E-state index in [4.69, 9.17) is 0 Å². The van der Waals surface area contributed by atoms with Crippen molar-refractivity contribution in [1.82, 2.24) is 19.9 Å². The molecule has 12 heteroatoms. The van der Waals surface area contributed by atoms with Crippen LogP contribution in [-0.4, -0.2) is 25.7 Å². The lowest BCUT2D eigenvalue weighted by Gasteiger charge is -2.40. The molecule has 3 aromatic rings. The van der Waals surface area contributed by atoms with Crippen molar-refractivity contribution in [2.24, 2.45) is 5.41 Å². The molecule has 1 aliphatic carbocycles. The monoisotopic (exact) mass is 486 g/mol. The summed E-state index contributed by atoms with van der Waals surface area (Å²) < 4.78 is 65.3. The zero-order valence-electron chi connectivity index (χ0n) is 17.3. The van der Waals surface area contributed by atoms with E-state index < -0.39 is 32.4 Å². The van der Waals surface area contributed by atoms with E-state index in [2.05, 4.69) is 19.9 Å². The summed E-state index contributed by atoms with van der Waals surface area (Å²) in [6.45, 7) is 1.87. The number of H-pyrrole nitrogens is 1. The van der Waals surface area contributed by atoms with E-state index in [1.165, 1.54) is 12.4 Å². The molecule has 0 unspecified atom stereocenters. The summed E-state index contributed by atoms with van der Waals surface area (Å²) in [5.74, 6) is -0.925. The molecule has 33 heavy (non-hydrogen) atoms. The van der Waals surface area contributed by atoms with Gasteiger partial charge in [-0.05, 0) is 47.9 Å². The second-order valence-corrected chi connectivity index (χ2v) is 10.8. The normalized spacial score (nSPS) is 18.1.